The summed E-state index contributed by atoms with van der Waals surface area (Å²) in [4.78, 5) is 29.0. The first-order valence-corrected chi connectivity index (χ1v) is 13.3. The van der Waals surface area contributed by atoms with Gasteiger partial charge in [0.25, 0.3) is 0 Å². The van der Waals surface area contributed by atoms with Crippen LogP contribution < -0.4 is 9.64 Å². The molecule has 0 saturated carbocycles. The number of benzene rings is 1. The molecule has 3 heterocycles. The Hall–Kier alpha value is -2.92. The molecule has 4 rings (SSSR count). The number of hydrogen-bond acceptors (Lipinski definition) is 10. The van der Waals surface area contributed by atoms with E-state index in [-0.39, 0.29) is 19.6 Å². The Kier molecular flexibility index (Phi) is 8.70. The molecule has 3 aliphatic heterocycles. The van der Waals surface area contributed by atoms with Crippen molar-refractivity contribution in [1.29, 1.82) is 0 Å². The van der Waals surface area contributed by atoms with Gasteiger partial charge in [0.05, 0.1) is 43.3 Å². The summed E-state index contributed by atoms with van der Waals surface area (Å²) in [5, 5.41) is 0. The molecule has 2 fully saturated rings. The second kappa shape index (κ2) is 11.7. The van der Waals surface area contributed by atoms with Crippen LogP contribution in [0.25, 0.3) is 0 Å². The number of hydrogen-bond donors (Lipinski definition) is 0. The number of allylic oxidation sites excluding steroid dienone is 2. The van der Waals surface area contributed by atoms with Gasteiger partial charge in [0.2, 0.25) is 0 Å². The zero-order valence-corrected chi connectivity index (χ0v) is 23.9. The third kappa shape index (κ3) is 5.43. The van der Waals surface area contributed by atoms with E-state index in [1.54, 1.807) is 28.1 Å². The maximum absolute atomic E-state index is 13.6. The zero-order valence-electron chi connectivity index (χ0n) is 23.9. The van der Waals surface area contributed by atoms with Gasteiger partial charge in [-0.15, -0.1) is 0 Å². The predicted octanol–water partition coefficient (Wildman–Crippen LogP) is 4.09. The summed E-state index contributed by atoms with van der Waals surface area (Å²) < 4.78 is 40.7. The van der Waals surface area contributed by atoms with Gasteiger partial charge >= 0.3 is 11.9 Å². The number of nitrogens with zero attached hydrogens (tertiary/aromatic N) is 1. The molecule has 4 atom stereocenters. The Morgan fingerprint density at radius 2 is 1.54 bits per heavy atom. The molecule has 1 unspecified atom stereocenters. The lowest BCUT2D eigenvalue weighted by Crippen LogP contribution is -2.41. The summed E-state index contributed by atoms with van der Waals surface area (Å²) in [5.74, 6) is -1.95. The van der Waals surface area contributed by atoms with Crippen LogP contribution in [0.4, 0.5) is 5.69 Å². The van der Waals surface area contributed by atoms with Gasteiger partial charge in [-0.25, -0.2) is 9.59 Å². The largest absolute Gasteiger partial charge is 0.495 e. The zero-order chi connectivity index (χ0) is 28.5. The van der Waals surface area contributed by atoms with Crippen LogP contribution in [0.1, 0.15) is 48.0 Å². The van der Waals surface area contributed by atoms with Crippen LogP contribution in [0, 0.1) is 5.92 Å². The summed E-state index contributed by atoms with van der Waals surface area (Å²) in [6.45, 7) is 11.2. The van der Waals surface area contributed by atoms with E-state index in [1.807, 2.05) is 56.9 Å². The molecule has 10 nitrogen and oxygen atoms in total. The first-order chi connectivity index (χ1) is 18.6. The molecule has 1 aromatic carbocycles. The maximum Gasteiger partial charge on any atom is 0.336 e. The van der Waals surface area contributed by atoms with Crippen molar-refractivity contribution in [3.63, 3.8) is 0 Å². The minimum atomic E-state index is -0.809. The quantitative estimate of drug-likeness (QED) is 0.422. The van der Waals surface area contributed by atoms with Gasteiger partial charge in [-0.3, -0.25) is 0 Å². The highest BCUT2D eigenvalue weighted by Gasteiger charge is 2.56. The Labute approximate surface area is 229 Å². The van der Waals surface area contributed by atoms with Crippen LogP contribution in [-0.2, 0) is 38.0 Å². The molecule has 0 aromatic heterocycles. The van der Waals surface area contributed by atoms with E-state index in [4.69, 9.17) is 33.2 Å². The molecule has 10 heteroatoms. The molecule has 2 saturated heterocycles. The van der Waals surface area contributed by atoms with Crippen molar-refractivity contribution in [2.45, 2.75) is 78.4 Å². The molecule has 0 aliphatic carbocycles. The van der Waals surface area contributed by atoms with Crippen LogP contribution in [-0.4, -0.2) is 69.8 Å². The Balaban J connectivity index is 1.83. The minimum Gasteiger partial charge on any atom is -0.495 e. The fourth-order valence-electron chi connectivity index (χ4n) is 5.80. The Morgan fingerprint density at radius 3 is 2.08 bits per heavy atom. The maximum atomic E-state index is 13.6. The molecular weight excluding hydrogens is 506 g/mol. The van der Waals surface area contributed by atoms with Crippen LogP contribution >= 0.6 is 0 Å². The van der Waals surface area contributed by atoms with Gasteiger partial charge in [-0.05, 0) is 60.1 Å². The molecule has 0 N–H and O–H groups in total. The molecular formula is C29H39NO9. The molecule has 214 valence electrons. The van der Waals surface area contributed by atoms with E-state index in [2.05, 4.69) is 0 Å². The van der Waals surface area contributed by atoms with Crippen LogP contribution in [0.15, 0.2) is 46.8 Å². The normalized spacial score (nSPS) is 26.6. The van der Waals surface area contributed by atoms with E-state index in [0.29, 0.717) is 34.0 Å². The Bertz CT molecular complexity index is 1120. The fraction of sp³-hybridized carbons (Fsp3) is 0.586. The van der Waals surface area contributed by atoms with Crippen molar-refractivity contribution in [1.82, 2.24) is 0 Å². The van der Waals surface area contributed by atoms with Crippen LogP contribution in [0.5, 0.6) is 5.75 Å². The lowest BCUT2D eigenvalue weighted by atomic mass is 9.79. The molecule has 1 aromatic rings. The van der Waals surface area contributed by atoms with Crippen molar-refractivity contribution in [3.8, 4) is 5.75 Å². The molecule has 3 aliphatic rings. The van der Waals surface area contributed by atoms with Gasteiger partial charge in [0, 0.05) is 24.4 Å². The lowest BCUT2D eigenvalue weighted by Gasteiger charge is -2.39. The molecule has 0 spiro atoms. The first-order valence-electron chi connectivity index (χ1n) is 13.3. The summed E-state index contributed by atoms with van der Waals surface area (Å²) in [7, 11) is 3.16. The van der Waals surface area contributed by atoms with Crippen molar-refractivity contribution in [2.24, 2.45) is 5.92 Å². The smallest absolute Gasteiger partial charge is 0.336 e. The number of ether oxygens (including phenoxy) is 7. The van der Waals surface area contributed by atoms with Gasteiger partial charge in [-0.1, -0.05) is 12.1 Å². The molecule has 0 radical (unpaired) electrons. The van der Waals surface area contributed by atoms with Crippen molar-refractivity contribution >= 4 is 17.6 Å². The number of methoxy groups -OCH3 is 2. The van der Waals surface area contributed by atoms with Crippen molar-refractivity contribution in [3.05, 3.63) is 46.8 Å². The van der Waals surface area contributed by atoms with E-state index in [9.17, 15) is 9.59 Å². The van der Waals surface area contributed by atoms with E-state index < -0.39 is 48.2 Å². The Morgan fingerprint density at radius 1 is 0.949 bits per heavy atom. The van der Waals surface area contributed by atoms with E-state index in [0.717, 1.165) is 0 Å². The summed E-state index contributed by atoms with van der Waals surface area (Å²) in [6, 6.07) is 7.42. The number of carbonyl (C=O) groups excluding carboxylic acids is 2. The van der Waals surface area contributed by atoms with Gasteiger partial charge in [0.15, 0.2) is 12.1 Å². The number of esters is 2. The predicted molar refractivity (Wildman–Crippen MR) is 142 cm³/mol. The topological polar surface area (TPSA) is 102 Å². The van der Waals surface area contributed by atoms with Crippen LogP contribution in [0.2, 0.25) is 0 Å². The lowest BCUT2D eigenvalue weighted by molar-refractivity contribution is -0.217. The number of rotatable bonds is 9. The number of fused-ring (bicyclic) bond motifs is 1. The molecule has 0 bridgehead atoms. The first kappa shape index (κ1) is 29.1. The highest BCUT2D eigenvalue weighted by atomic mass is 16.8. The van der Waals surface area contributed by atoms with Crippen LogP contribution in [0.3, 0.4) is 0 Å². The van der Waals surface area contributed by atoms with E-state index in [1.165, 1.54) is 0 Å². The highest BCUT2D eigenvalue weighted by molar-refractivity contribution is 6.00. The average Bonchev–Trinajstić information content (AvgIpc) is 3.34. The van der Waals surface area contributed by atoms with Gasteiger partial charge < -0.3 is 38.1 Å². The van der Waals surface area contributed by atoms with Gasteiger partial charge in [0.1, 0.15) is 18.0 Å². The molecule has 0 amide bonds. The minimum absolute atomic E-state index is 0.177. The second-order valence-electron chi connectivity index (χ2n) is 10.1. The number of carbonyl (C=O) groups is 2. The third-order valence-electron chi connectivity index (χ3n) is 7.29. The summed E-state index contributed by atoms with van der Waals surface area (Å²) in [6.07, 6.45) is -1.84. The monoisotopic (exact) mass is 545 g/mol. The average molecular weight is 546 g/mol. The third-order valence-corrected chi connectivity index (χ3v) is 7.29. The van der Waals surface area contributed by atoms with Crippen molar-refractivity contribution in [2.75, 3.05) is 32.3 Å². The number of para-hydroxylation sites is 2. The fourth-order valence-corrected chi connectivity index (χ4v) is 5.80. The standard InChI is InChI=1S/C29H39NO9/c1-9-35-26(31)22-16(3)30(19-13-11-12-14-20(19)33-7)17(4)23(27(32)36-10-2)18(22)15-21-24(34-8)25-28(37-21)39-29(5,6)38-25/h11-14,18,21,24-25,28H,9-10,15H2,1-8H3/t21?,24-,25+,28+/m1/s1. The SMILES string of the molecule is CCOC(=O)C1=C(C)N(c2ccccc2OC)C(C)=C(C(=O)OCC)C1CC1O[C@H]2OC(C)(C)O[C@H]2[C@@H]1OC. The van der Waals surface area contributed by atoms with Crippen molar-refractivity contribution < 1.29 is 42.7 Å². The van der Waals surface area contributed by atoms with Gasteiger partial charge in [-0.2, -0.15) is 0 Å². The number of anilines is 1. The molecule has 39 heavy (non-hydrogen) atoms. The van der Waals surface area contributed by atoms with E-state index >= 15 is 0 Å². The highest BCUT2D eigenvalue weighted by Crippen LogP contribution is 2.47. The summed E-state index contributed by atoms with van der Waals surface area (Å²) >= 11 is 0. The summed E-state index contributed by atoms with van der Waals surface area (Å²) in [5.41, 5.74) is 2.61. The second-order valence-corrected chi connectivity index (χ2v) is 10.1.